The van der Waals surface area contributed by atoms with Gasteiger partial charge in [-0.15, -0.1) is 0 Å². The Labute approximate surface area is 150 Å². The molecule has 1 unspecified atom stereocenters. The van der Waals surface area contributed by atoms with E-state index in [1.54, 1.807) is 12.1 Å². The number of carbonyl (C=O) groups excluding carboxylic acids is 2. The molecule has 4 rings (SSSR count). The van der Waals surface area contributed by atoms with Crippen LogP contribution in [0.15, 0.2) is 51.8 Å². The first-order chi connectivity index (χ1) is 11.5. The number of amides is 1. The van der Waals surface area contributed by atoms with Crippen molar-refractivity contribution in [3.05, 3.63) is 52.8 Å². The zero-order chi connectivity index (χ0) is 16.9. The first-order valence-electron chi connectivity index (χ1n) is 7.30. The van der Waals surface area contributed by atoms with E-state index >= 15 is 0 Å². The Hall–Kier alpha value is -1.86. The van der Waals surface area contributed by atoms with E-state index in [1.807, 2.05) is 18.2 Å². The molecule has 0 bridgehead atoms. The maximum atomic E-state index is 14.0. The van der Waals surface area contributed by atoms with Gasteiger partial charge in [0.2, 0.25) is 5.91 Å². The molecule has 2 aromatic carbocycles. The molecule has 122 valence electrons. The van der Waals surface area contributed by atoms with Gasteiger partial charge in [0.15, 0.2) is 16.4 Å². The maximum absolute atomic E-state index is 14.0. The highest BCUT2D eigenvalue weighted by atomic mass is 79.9. The largest absolute Gasteiger partial charge is 0.421 e. The van der Waals surface area contributed by atoms with Crippen LogP contribution in [0.25, 0.3) is 0 Å². The standard InChI is InChI=1S/C17H11BrFNO3S/c18-10-5-6-13(11(19)9-10)23-16(22)17-8-7-15(21)20(17)12-3-1-2-4-14(12)24-17/h1-6,9H,7-8H2. The van der Waals surface area contributed by atoms with Gasteiger partial charge in [-0.1, -0.05) is 39.8 Å². The van der Waals surface area contributed by atoms with Crippen molar-refractivity contribution in [3.63, 3.8) is 0 Å². The number of nitrogens with zero attached hydrogens (tertiary/aromatic N) is 1. The first kappa shape index (κ1) is 15.7. The summed E-state index contributed by atoms with van der Waals surface area (Å²) in [5.41, 5.74) is 0.707. The smallest absolute Gasteiger partial charge is 0.348 e. The minimum atomic E-state index is -1.15. The average Bonchev–Trinajstić information content (AvgIpc) is 3.06. The fourth-order valence-corrected chi connectivity index (χ4v) is 4.74. The molecule has 1 atom stereocenters. The summed E-state index contributed by atoms with van der Waals surface area (Å²) in [5, 5.41) is 0. The highest BCUT2D eigenvalue weighted by Gasteiger charge is 2.58. The van der Waals surface area contributed by atoms with Crippen molar-refractivity contribution in [1.82, 2.24) is 0 Å². The number of benzene rings is 2. The lowest BCUT2D eigenvalue weighted by molar-refractivity contribution is -0.137. The topological polar surface area (TPSA) is 46.6 Å². The van der Waals surface area contributed by atoms with E-state index in [1.165, 1.54) is 28.8 Å². The van der Waals surface area contributed by atoms with Crippen LogP contribution in [0.1, 0.15) is 12.8 Å². The lowest BCUT2D eigenvalue weighted by Crippen LogP contribution is -2.49. The number of hydrogen-bond acceptors (Lipinski definition) is 4. The van der Waals surface area contributed by atoms with Crippen molar-refractivity contribution in [3.8, 4) is 5.75 Å². The predicted molar refractivity (Wildman–Crippen MR) is 91.5 cm³/mol. The Balaban J connectivity index is 1.70. The van der Waals surface area contributed by atoms with Crippen molar-refractivity contribution in [2.24, 2.45) is 0 Å². The molecule has 2 aliphatic rings. The Kier molecular flexibility index (Phi) is 3.65. The summed E-state index contributed by atoms with van der Waals surface area (Å²) in [6, 6.07) is 11.6. The summed E-state index contributed by atoms with van der Waals surface area (Å²) in [6.45, 7) is 0. The van der Waals surface area contributed by atoms with Gasteiger partial charge in [0.1, 0.15) is 0 Å². The molecule has 0 aromatic heterocycles. The van der Waals surface area contributed by atoms with Gasteiger partial charge in [0, 0.05) is 22.2 Å². The fourth-order valence-electron chi connectivity index (χ4n) is 3.01. The lowest BCUT2D eigenvalue weighted by Gasteiger charge is -2.28. The van der Waals surface area contributed by atoms with Crippen LogP contribution >= 0.6 is 27.7 Å². The second-order valence-corrected chi connectivity index (χ2v) is 7.78. The van der Waals surface area contributed by atoms with Crippen molar-refractivity contribution < 1.29 is 18.7 Å². The number of para-hydroxylation sites is 1. The highest BCUT2D eigenvalue weighted by Crippen LogP contribution is 2.56. The molecule has 0 spiro atoms. The number of anilines is 1. The van der Waals surface area contributed by atoms with Crippen LogP contribution in [-0.2, 0) is 9.59 Å². The Morgan fingerprint density at radius 1 is 1.29 bits per heavy atom. The van der Waals surface area contributed by atoms with E-state index in [0.717, 1.165) is 4.90 Å². The van der Waals surface area contributed by atoms with Crippen LogP contribution in [0.4, 0.5) is 10.1 Å². The highest BCUT2D eigenvalue weighted by molar-refractivity contribution is 9.10. The summed E-state index contributed by atoms with van der Waals surface area (Å²) < 4.78 is 19.9. The van der Waals surface area contributed by atoms with E-state index in [4.69, 9.17) is 4.74 Å². The molecular weight excluding hydrogens is 397 g/mol. The Bertz CT molecular complexity index is 875. The molecule has 4 nitrogen and oxygen atoms in total. The second kappa shape index (κ2) is 5.60. The van der Waals surface area contributed by atoms with Gasteiger partial charge in [-0.05, 0) is 30.3 Å². The van der Waals surface area contributed by atoms with Crippen molar-refractivity contribution >= 4 is 45.3 Å². The number of esters is 1. The molecule has 0 aliphatic carbocycles. The summed E-state index contributed by atoms with van der Waals surface area (Å²) in [5.74, 6) is -1.53. The summed E-state index contributed by atoms with van der Waals surface area (Å²) in [6.07, 6.45) is 0.599. The number of hydrogen-bond donors (Lipinski definition) is 0. The van der Waals surface area contributed by atoms with Crippen LogP contribution < -0.4 is 9.64 Å². The van der Waals surface area contributed by atoms with Crippen molar-refractivity contribution in [2.45, 2.75) is 22.6 Å². The fraction of sp³-hybridized carbons (Fsp3) is 0.176. The molecule has 0 radical (unpaired) electrons. The molecule has 1 fully saturated rings. The first-order valence-corrected chi connectivity index (χ1v) is 8.91. The molecule has 1 saturated heterocycles. The normalized spacial score (nSPS) is 21.6. The van der Waals surface area contributed by atoms with Gasteiger partial charge in [0.05, 0.1) is 5.69 Å². The van der Waals surface area contributed by atoms with Gasteiger partial charge in [-0.2, -0.15) is 0 Å². The van der Waals surface area contributed by atoms with Gasteiger partial charge < -0.3 is 4.74 Å². The van der Waals surface area contributed by atoms with Crippen LogP contribution in [0.3, 0.4) is 0 Å². The van der Waals surface area contributed by atoms with Crippen molar-refractivity contribution in [1.29, 1.82) is 0 Å². The molecule has 0 N–H and O–H groups in total. The third kappa shape index (κ3) is 2.26. The number of carbonyl (C=O) groups is 2. The van der Waals surface area contributed by atoms with E-state index in [0.29, 0.717) is 16.6 Å². The molecular formula is C17H11BrFNO3S. The van der Waals surface area contributed by atoms with E-state index in [-0.39, 0.29) is 18.1 Å². The predicted octanol–water partition coefficient (Wildman–Crippen LogP) is 4.12. The quantitative estimate of drug-likeness (QED) is 0.554. The van der Waals surface area contributed by atoms with Gasteiger partial charge >= 0.3 is 5.97 Å². The molecule has 24 heavy (non-hydrogen) atoms. The van der Waals surface area contributed by atoms with E-state index in [2.05, 4.69) is 15.9 Å². The molecule has 2 aliphatic heterocycles. The third-order valence-electron chi connectivity index (χ3n) is 4.09. The summed E-state index contributed by atoms with van der Waals surface area (Å²) in [7, 11) is 0. The summed E-state index contributed by atoms with van der Waals surface area (Å²) in [4.78, 5) is 26.4. The summed E-state index contributed by atoms with van der Waals surface area (Å²) >= 11 is 4.46. The minimum absolute atomic E-state index is 0.124. The van der Waals surface area contributed by atoms with Crippen molar-refractivity contribution in [2.75, 3.05) is 4.90 Å². The molecule has 1 amide bonds. The van der Waals surface area contributed by atoms with E-state index in [9.17, 15) is 14.0 Å². The molecule has 0 saturated carbocycles. The Morgan fingerprint density at radius 3 is 2.88 bits per heavy atom. The van der Waals surface area contributed by atoms with Crippen LogP contribution in [0.2, 0.25) is 0 Å². The zero-order valence-electron chi connectivity index (χ0n) is 12.3. The van der Waals surface area contributed by atoms with Crippen LogP contribution in [-0.4, -0.2) is 16.7 Å². The van der Waals surface area contributed by atoms with Gasteiger partial charge in [-0.25, -0.2) is 9.18 Å². The number of ether oxygens (including phenoxy) is 1. The van der Waals surface area contributed by atoms with Gasteiger partial charge in [-0.3, -0.25) is 9.69 Å². The average molecular weight is 408 g/mol. The monoisotopic (exact) mass is 407 g/mol. The Morgan fingerprint density at radius 2 is 2.08 bits per heavy atom. The number of thioether (sulfide) groups is 1. The number of fused-ring (bicyclic) bond motifs is 3. The third-order valence-corrected chi connectivity index (χ3v) is 6.04. The molecule has 7 heteroatoms. The minimum Gasteiger partial charge on any atom is -0.421 e. The molecule has 2 heterocycles. The number of rotatable bonds is 2. The molecule has 2 aromatic rings. The lowest BCUT2D eigenvalue weighted by atomic mass is 10.2. The van der Waals surface area contributed by atoms with E-state index < -0.39 is 16.7 Å². The van der Waals surface area contributed by atoms with Gasteiger partial charge in [0.25, 0.3) is 0 Å². The van der Waals surface area contributed by atoms with Crippen LogP contribution in [0, 0.1) is 5.82 Å². The zero-order valence-corrected chi connectivity index (χ0v) is 14.7. The number of halogens is 2. The van der Waals surface area contributed by atoms with Crippen LogP contribution in [0.5, 0.6) is 5.75 Å². The SMILES string of the molecule is O=C1CCC2(C(=O)Oc3ccc(Br)cc3F)Sc3ccccc3N12. The second-order valence-electron chi connectivity index (χ2n) is 5.55. The maximum Gasteiger partial charge on any atom is 0.348 e.